The summed E-state index contributed by atoms with van der Waals surface area (Å²) in [4.78, 5) is 167. The van der Waals surface area contributed by atoms with Crippen LogP contribution in [0.25, 0.3) is 10.9 Å². The van der Waals surface area contributed by atoms with E-state index in [0.29, 0.717) is 19.3 Å². The van der Waals surface area contributed by atoms with Gasteiger partial charge in [0, 0.05) is 43.0 Å². The van der Waals surface area contributed by atoms with Gasteiger partial charge in [0.15, 0.2) is 0 Å². The van der Waals surface area contributed by atoms with Crippen molar-refractivity contribution in [3.05, 3.63) is 36.0 Å². The molecule has 466 valence electrons. The van der Waals surface area contributed by atoms with Crippen molar-refractivity contribution in [1.82, 2.24) is 57.3 Å². The van der Waals surface area contributed by atoms with Crippen molar-refractivity contribution in [2.45, 2.75) is 194 Å². The number of aliphatic carboxylic acids is 1. The number of amides is 11. The van der Waals surface area contributed by atoms with Crippen molar-refractivity contribution < 1.29 is 62.6 Å². The fourth-order valence-corrected chi connectivity index (χ4v) is 10.4. The van der Waals surface area contributed by atoms with Gasteiger partial charge in [-0.25, -0.2) is 4.79 Å². The number of nitrogens with one attached hydrogen (secondary N) is 9. The quantitative estimate of drug-likeness (QED) is 0.0472. The van der Waals surface area contributed by atoms with Crippen molar-refractivity contribution in [2.24, 2.45) is 41.1 Å². The summed E-state index contributed by atoms with van der Waals surface area (Å²) in [6.45, 7) is 18.6. The highest BCUT2D eigenvalue weighted by Crippen LogP contribution is 2.24. The molecule has 0 unspecified atom stereocenters. The van der Waals surface area contributed by atoms with Crippen LogP contribution in [0.3, 0.4) is 0 Å². The van der Waals surface area contributed by atoms with Gasteiger partial charge in [-0.3, -0.25) is 52.7 Å². The minimum Gasteiger partial charge on any atom is -0.480 e. The molecule has 14 N–H and O–H groups in total. The Hall–Kier alpha value is -7.64. The molecule has 2 saturated heterocycles. The summed E-state index contributed by atoms with van der Waals surface area (Å²) < 4.78 is 0. The molecule has 2 fully saturated rings. The second kappa shape index (κ2) is 31.9. The van der Waals surface area contributed by atoms with Crippen LogP contribution in [0.4, 0.5) is 0 Å². The third-order valence-electron chi connectivity index (χ3n) is 15.0. The Morgan fingerprint density at radius 2 is 1.13 bits per heavy atom. The highest BCUT2D eigenvalue weighted by Gasteiger charge is 2.42. The smallest absolute Gasteiger partial charge is 0.326 e. The van der Waals surface area contributed by atoms with Gasteiger partial charge >= 0.3 is 5.97 Å². The van der Waals surface area contributed by atoms with Crippen LogP contribution in [0.1, 0.15) is 133 Å². The zero-order valence-corrected chi connectivity index (χ0v) is 50.4. The van der Waals surface area contributed by atoms with Crippen molar-refractivity contribution in [3.8, 4) is 0 Å². The van der Waals surface area contributed by atoms with Gasteiger partial charge in [0.25, 0.3) is 0 Å². The Morgan fingerprint density at radius 3 is 1.70 bits per heavy atom. The molecular formula is C58H91N13O13. The lowest BCUT2D eigenvalue weighted by Gasteiger charge is -2.32. The molecule has 2 aromatic rings. The van der Waals surface area contributed by atoms with Gasteiger partial charge in [0.1, 0.15) is 54.4 Å². The average molecular weight is 1180 g/mol. The molecule has 2 aliphatic rings. The normalized spacial score (nSPS) is 18.1. The molecular weight excluding hydrogens is 1090 g/mol. The largest absolute Gasteiger partial charge is 0.480 e. The van der Waals surface area contributed by atoms with Crippen LogP contribution < -0.4 is 54.0 Å². The van der Waals surface area contributed by atoms with Gasteiger partial charge in [-0.2, -0.15) is 0 Å². The Bertz CT molecular complexity index is 2690. The van der Waals surface area contributed by atoms with E-state index in [1.807, 2.05) is 52.0 Å². The van der Waals surface area contributed by atoms with Gasteiger partial charge in [-0.05, 0) is 93.1 Å². The van der Waals surface area contributed by atoms with Crippen LogP contribution in [0.5, 0.6) is 0 Å². The summed E-state index contributed by atoms with van der Waals surface area (Å²) in [5.41, 5.74) is 13.1. The summed E-state index contributed by atoms with van der Waals surface area (Å²) in [5, 5.41) is 31.6. The molecule has 0 saturated carbocycles. The van der Waals surface area contributed by atoms with Crippen molar-refractivity contribution in [1.29, 1.82) is 0 Å². The minimum atomic E-state index is -1.36. The van der Waals surface area contributed by atoms with Gasteiger partial charge in [0.2, 0.25) is 65.0 Å². The number of carbonyl (C=O) groups is 12. The van der Waals surface area contributed by atoms with Crippen molar-refractivity contribution in [3.63, 3.8) is 0 Å². The van der Waals surface area contributed by atoms with Crippen LogP contribution >= 0.6 is 0 Å². The van der Waals surface area contributed by atoms with E-state index in [-0.39, 0.29) is 63.5 Å². The number of carboxylic acids is 1. The molecule has 2 aliphatic heterocycles. The molecule has 11 amide bonds. The number of benzene rings is 1. The Kier molecular flexibility index (Phi) is 26.1. The maximum Gasteiger partial charge on any atom is 0.326 e. The topological polar surface area (TPSA) is 396 Å². The number of carbonyl (C=O) groups excluding carboxylic acids is 11. The highest BCUT2D eigenvalue weighted by molar-refractivity contribution is 5.99. The summed E-state index contributed by atoms with van der Waals surface area (Å²) in [6, 6.07) is -3.97. The Morgan fingerprint density at radius 1 is 0.595 bits per heavy atom. The van der Waals surface area contributed by atoms with Crippen LogP contribution in [0.2, 0.25) is 0 Å². The van der Waals surface area contributed by atoms with Crippen LogP contribution in [0.15, 0.2) is 30.5 Å². The predicted molar refractivity (Wildman–Crippen MR) is 311 cm³/mol. The van der Waals surface area contributed by atoms with Gasteiger partial charge in [-0.15, -0.1) is 0 Å². The highest BCUT2D eigenvalue weighted by atomic mass is 16.4. The fraction of sp³-hybridized carbons (Fsp3) is 0.655. The summed E-state index contributed by atoms with van der Waals surface area (Å²) >= 11 is 0. The zero-order valence-electron chi connectivity index (χ0n) is 50.4. The molecule has 4 rings (SSSR count). The predicted octanol–water partition coefficient (Wildman–Crippen LogP) is -0.0403. The minimum absolute atomic E-state index is 0.0760. The Balaban J connectivity index is 1.38. The summed E-state index contributed by atoms with van der Waals surface area (Å²) in [6.07, 6.45) is 3.07. The lowest BCUT2D eigenvalue weighted by molar-refractivity contribution is -0.144. The van der Waals surface area contributed by atoms with Gasteiger partial charge in [-0.1, -0.05) is 87.4 Å². The van der Waals surface area contributed by atoms with Crippen molar-refractivity contribution >= 4 is 81.9 Å². The molecule has 26 nitrogen and oxygen atoms in total. The first-order valence-corrected chi connectivity index (χ1v) is 29.2. The first-order valence-electron chi connectivity index (χ1n) is 29.2. The van der Waals surface area contributed by atoms with Crippen LogP contribution in [0, 0.1) is 29.6 Å². The number of hydrogen-bond acceptors (Lipinski definition) is 13. The second-order valence-corrected chi connectivity index (χ2v) is 24.0. The van der Waals surface area contributed by atoms with Crippen molar-refractivity contribution in [2.75, 3.05) is 19.6 Å². The van der Waals surface area contributed by atoms with E-state index in [4.69, 9.17) is 11.5 Å². The molecule has 84 heavy (non-hydrogen) atoms. The number of fused-ring (bicyclic) bond motifs is 1. The number of likely N-dealkylation sites (tertiary alicyclic amines) is 2. The number of nitrogens with two attached hydrogens (primary N) is 2. The molecule has 26 heteroatoms. The number of hydrogen-bond donors (Lipinski definition) is 12. The number of para-hydroxylation sites is 1. The monoisotopic (exact) mass is 1180 g/mol. The lowest BCUT2D eigenvalue weighted by Crippen LogP contribution is -2.61. The lowest BCUT2D eigenvalue weighted by atomic mass is 9.97. The number of carboxylic acid groups (broad SMARTS) is 1. The Labute approximate surface area is 491 Å². The maximum atomic E-state index is 14.3. The number of nitrogens with zero attached hydrogens (tertiary/aromatic N) is 2. The molecule has 1 aromatic carbocycles. The van der Waals surface area contributed by atoms with E-state index in [0.717, 1.165) is 16.5 Å². The van der Waals surface area contributed by atoms with E-state index in [1.54, 1.807) is 47.7 Å². The average Bonchev–Trinajstić information content (AvgIpc) is 4.14. The fourth-order valence-electron chi connectivity index (χ4n) is 10.4. The van der Waals surface area contributed by atoms with E-state index in [2.05, 4.69) is 47.5 Å². The number of aromatic amines is 1. The number of rotatable bonds is 31. The summed E-state index contributed by atoms with van der Waals surface area (Å²) in [7, 11) is 0. The molecule has 0 spiro atoms. The first kappa shape index (κ1) is 68.9. The van der Waals surface area contributed by atoms with Gasteiger partial charge < -0.3 is 73.9 Å². The van der Waals surface area contributed by atoms with Gasteiger partial charge in [0.05, 0.1) is 12.6 Å². The first-order chi connectivity index (χ1) is 39.4. The van der Waals surface area contributed by atoms with Crippen LogP contribution in [-0.2, 0) is 64.0 Å². The molecule has 0 bridgehead atoms. The van der Waals surface area contributed by atoms with E-state index >= 15 is 0 Å². The third kappa shape index (κ3) is 19.7. The van der Waals surface area contributed by atoms with E-state index in [9.17, 15) is 62.6 Å². The van der Waals surface area contributed by atoms with E-state index in [1.165, 1.54) is 16.7 Å². The van der Waals surface area contributed by atoms with Crippen LogP contribution in [-0.4, -0.2) is 171 Å². The molecule has 0 radical (unpaired) electrons. The maximum absolute atomic E-state index is 14.3. The molecule has 10 atom stereocenters. The standard InChI is InChI=1S/C58H91N13O13/c1-29(2)24-37(59)50(75)65-40(26-35-27-61-38-17-13-12-16-36(35)38)52(77)67-46(31(5)6)55(80)68-47(32(7)8)57(82)71-23-14-18-42(71)53(78)62-28-45(73)63-34(11)49(74)66-41(25-30(3)4)56(81)70-22-15-19-43(70)54(79)64-39(20-21-44(60)72)51(76)69-48(33(9)10)58(83)84/h12-13,16-17,27,29-34,37,39-43,46-48,61H,14-15,18-26,28,59H2,1-11H3,(H2,60,72)(H,62,78)(H,63,73)(H,64,79)(H,65,75)(H,66,74)(H,67,77)(H,68,80)(H,69,76)(H,83,84)/t34-,37-,39-,40-,41-,42-,43-,46-,47-,48-/m0/s1. The third-order valence-corrected chi connectivity index (χ3v) is 15.0. The zero-order chi connectivity index (χ0) is 62.9. The summed E-state index contributed by atoms with van der Waals surface area (Å²) in [5.74, 6) is -10.3. The number of H-pyrrole nitrogens is 1. The molecule has 3 heterocycles. The van der Waals surface area contributed by atoms with E-state index < -0.39 is 156 Å². The second-order valence-electron chi connectivity index (χ2n) is 24.0. The molecule has 1 aromatic heterocycles. The SMILES string of the molecule is CC(C)C[C@H](NC(=O)[C@H](C)NC(=O)CNC(=O)[C@@H]1CCCN1C(=O)[C@@H](NC(=O)[C@@H](NC(=O)[C@H](Cc1c[nH]c2ccccc12)NC(=O)[C@@H](N)CC(C)C)C(C)C)C(C)C)C(=O)N1CCC[C@H]1C(=O)N[C@@H](CCC(N)=O)C(=O)N[C@H](C(=O)O)C(C)C. The number of primary amides is 1. The molecule has 0 aliphatic carbocycles. The number of aromatic nitrogens is 1.